The minimum absolute atomic E-state index is 0.176. The largest absolute Gasteiger partial charge is 0.305 e. The Bertz CT molecular complexity index is 294. The second-order valence-corrected chi connectivity index (χ2v) is 3.37. The third kappa shape index (κ3) is 2.96. The number of rotatable bonds is 5. The Labute approximate surface area is 86.1 Å². The Morgan fingerprint density at radius 3 is 2.93 bits per heavy atom. The van der Waals surface area contributed by atoms with Crippen LogP contribution in [0.25, 0.3) is 0 Å². The molecule has 1 unspecified atom stereocenters. The molecule has 0 saturated heterocycles. The van der Waals surface area contributed by atoms with Gasteiger partial charge in [-0.1, -0.05) is 19.1 Å². The molecule has 0 aromatic carbocycles. The molecule has 1 rings (SSSR count). The standard InChI is InChI=1S/C12H18N2/c1-4-9-13-11(5-2)12-8-6-7-10(3)14-12/h5-8,11,13H,2,4,9H2,1,3H3. The van der Waals surface area contributed by atoms with Gasteiger partial charge in [0.25, 0.3) is 0 Å². The maximum absolute atomic E-state index is 4.46. The van der Waals surface area contributed by atoms with E-state index in [0.717, 1.165) is 24.4 Å². The molecule has 1 atom stereocenters. The molecule has 14 heavy (non-hydrogen) atoms. The first-order valence-electron chi connectivity index (χ1n) is 5.07. The fourth-order valence-electron chi connectivity index (χ4n) is 1.35. The Balaban J connectivity index is 2.73. The topological polar surface area (TPSA) is 24.9 Å². The van der Waals surface area contributed by atoms with E-state index in [9.17, 15) is 0 Å². The van der Waals surface area contributed by atoms with Crippen LogP contribution in [0.4, 0.5) is 0 Å². The number of hydrogen-bond acceptors (Lipinski definition) is 2. The molecule has 1 heterocycles. The van der Waals surface area contributed by atoms with Crippen LogP contribution in [0.3, 0.4) is 0 Å². The van der Waals surface area contributed by atoms with Crippen LogP contribution in [0.5, 0.6) is 0 Å². The van der Waals surface area contributed by atoms with Gasteiger partial charge in [-0.05, 0) is 32.0 Å². The van der Waals surface area contributed by atoms with E-state index in [4.69, 9.17) is 0 Å². The molecule has 1 aromatic heterocycles. The summed E-state index contributed by atoms with van der Waals surface area (Å²) in [7, 11) is 0. The molecule has 0 fully saturated rings. The smallest absolute Gasteiger partial charge is 0.0678 e. The van der Waals surface area contributed by atoms with Crippen molar-refractivity contribution in [2.45, 2.75) is 26.3 Å². The van der Waals surface area contributed by atoms with Gasteiger partial charge in [-0.15, -0.1) is 6.58 Å². The van der Waals surface area contributed by atoms with Gasteiger partial charge in [0.1, 0.15) is 0 Å². The van der Waals surface area contributed by atoms with Crippen molar-refractivity contribution in [3.63, 3.8) is 0 Å². The summed E-state index contributed by atoms with van der Waals surface area (Å²) in [5.41, 5.74) is 2.10. The van der Waals surface area contributed by atoms with Crippen LogP contribution in [-0.4, -0.2) is 11.5 Å². The summed E-state index contributed by atoms with van der Waals surface area (Å²) in [6.07, 6.45) is 3.02. The minimum atomic E-state index is 0.176. The van der Waals surface area contributed by atoms with E-state index in [-0.39, 0.29) is 6.04 Å². The Morgan fingerprint density at radius 2 is 2.36 bits per heavy atom. The molecular formula is C12H18N2. The monoisotopic (exact) mass is 190 g/mol. The lowest BCUT2D eigenvalue weighted by atomic mass is 10.1. The highest BCUT2D eigenvalue weighted by atomic mass is 14.9. The first-order valence-corrected chi connectivity index (χ1v) is 5.07. The fraction of sp³-hybridized carbons (Fsp3) is 0.417. The van der Waals surface area contributed by atoms with E-state index >= 15 is 0 Å². The Morgan fingerprint density at radius 1 is 1.57 bits per heavy atom. The first-order chi connectivity index (χ1) is 6.77. The molecule has 0 spiro atoms. The van der Waals surface area contributed by atoms with Crippen LogP contribution in [0, 0.1) is 6.92 Å². The second-order valence-electron chi connectivity index (χ2n) is 3.37. The Hall–Kier alpha value is -1.15. The van der Waals surface area contributed by atoms with E-state index < -0.39 is 0 Å². The van der Waals surface area contributed by atoms with Crippen LogP contribution in [0.1, 0.15) is 30.8 Å². The average molecular weight is 190 g/mol. The predicted octanol–water partition coefficient (Wildman–Crippen LogP) is 2.62. The zero-order valence-electron chi connectivity index (χ0n) is 8.96. The van der Waals surface area contributed by atoms with Crippen LogP contribution >= 0.6 is 0 Å². The molecule has 2 nitrogen and oxygen atoms in total. The fourth-order valence-corrected chi connectivity index (χ4v) is 1.35. The van der Waals surface area contributed by atoms with E-state index in [1.807, 2.05) is 31.2 Å². The number of hydrogen-bond donors (Lipinski definition) is 1. The lowest BCUT2D eigenvalue weighted by molar-refractivity contribution is 0.600. The van der Waals surface area contributed by atoms with Gasteiger partial charge in [0.2, 0.25) is 0 Å². The molecular weight excluding hydrogens is 172 g/mol. The van der Waals surface area contributed by atoms with Gasteiger partial charge >= 0.3 is 0 Å². The van der Waals surface area contributed by atoms with E-state index in [1.54, 1.807) is 0 Å². The molecule has 2 heteroatoms. The van der Waals surface area contributed by atoms with E-state index in [1.165, 1.54) is 0 Å². The molecule has 0 saturated carbocycles. The number of nitrogens with one attached hydrogen (secondary N) is 1. The van der Waals surface area contributed by atoms with Gasteiger partial charge in [-0.2, -0.15) is 0 Å². The average Bonchev–Trinajstić information content (AvgIpc) is 2.19. The number of aryl methyl sites for hydroxylation is 1. The molecule has 0 aliphatic rings. The minimum Gasteiger partial charge on any atom is -0.305 e. The van der Waals surface area contributed by atoms with Crippen molar-refractivity contribution in [3.05, 3.63) is 42.2 Å². The van der Waals surface area contributed by atoms with Gasteiger partial charge in [0, 0.05) is 5.69 Å². The van der Waals surface area contributed by atoms with Crippen molar-refractivity contribution in [3.8, 4) is 0 Å². The van der Waals surface area contributed by atoms with E-state index in [2.05, 4.69) is 23.8 Å². The summed E-state index contributed by atoms with van der Waals surface area (Å²) >= 11 is 0. The lowest BCUT2D eigenvalue weighted by Gasteiger charge is -2.13. The van der Waals surface area contributed by atoms with Crippen LogP contribution in [0.2, 0.25) is 0 Å². The van der Waals surface area contributed by atoms with Gasteiger partial charge in [-0.3, -0.25) is 4.98 Å². The van der Waals surface area contributed by atoms with Gasteiger partial charge in [0.15, 0.2) is 0 Å². The van der Waals surface area contributed by atoms with Crippen LogP contribution in [0.15, 0.2) is 30.9 Å². The van der Waals surface area contributed by atoms with Crippen molar-refractivity contribution in [2.75, 3.05) is 6.54 Å². The molecule has 0 radical (unpaired) electrons. The van der Waals surface area contributed by atoms with Crippen LogP contribution in [-0.2, 0) is 0 Å². The second kappa shape index (κ2) is 5.55. The van der Waals surface area contributed by atoms with Crippen molar-refractivity contribution >= 4 is 0 Å². The van der Waals surface area contributed by atoms with E-state index in [0.29, 0.717) is 0 Å². The van der Waals surface area contributed by atoms with Crippen molar-refractivity contribution in [1.29, 1.82) is 0 Å². The normalized spacial score (nSPS) is 12.4. The summed E-state index contributed by atoms with van der Waals surface area (Å²) in [6.45, 7) is 8.96. The summed E-state index contributed by atoms with van der Waals surface area (Å²) in [6, 6.07) is 6.24. The summed E-state index contributed by atoms with van der Waals surface area (Å²) in [5.74, 6) is 0. The lowest BCUT2D eigenvalue weighted by Crippen LogP contribution is -2.21. The maximum Gasteiger partial charge on any atom is 0.0678 e. The third-order valence-corrected chi connectivity index (χ3v) is 2.08. The number of nitrogens with zero attached hydrogens (tertiary/aromatic N) is 1. The maximum atomic E-state index is 4.46. The first kappa shape index (κ1) is 10.9. The Kier molecular flexibility index (Phi) is 4.33. The molecule has 0 aliphatic heterocycles. The zero-order chi connectivity index (χ0) is 10.4. The summed E-state index contributed by atoms with van der Waals surface area (Å²) in [5, 5.41) is 3.38. The highest BCUT2D eigenvalue weighted by Crippen LogP contribution is 2.11. The summed E-state index contributed by atoms with van der Waals surface area (Å²) in [4.78, 5) is 4.46. The van der Waals surface area contributed by atoms with Gasteiger partial charge in [-0.25, -0.2) is 0 Å². The summed E-state index contributed by atoms with van der Waals surface area (Å²) < 4.78 is 0. The number of pyridine rings is 1. The molecule has 1 aromatic rings. The molecule has 0 aliphatic carbocycles. The SMILES string of the molecule is C=CC(NCCC)c1cccc(C)n1. The highest BCUT2D eigenvalue weighted by molar-refractivity contribution is 5.16. The van der Waals surface area contributed by atoms with Gasteiger partial charge < -0.3 is 5.32 Å². The predicted molar refractivity (Wildman–Crippen MR) is 60.2 cm³/mol. The van der Waals surface area contributed by atoms with Crippen molar-refractivity contribution in [2.24, 2.45) is 0 Å². The molecule has 1 N–H and O–H groups in total. The van der Waals surface area contributed by atoms with Crippen LogP contribution < -0.4 is 5.32 Å². The quantitative estimate of drug-likeness (QED) is 0.722. The highest BCUT2D eigenvalue weighted by Gasteiger charge is 2.06. The molecule has 0 amide bonds. The van der Waals surface area contributed by atoms with Crippen molar-refractivity contribution in [1.82, 2.24) is 10.3 Å². The van der Waals surface area contributed by atoms with Crippen molar-refractivity contribution < 1.29 is 0 Å². The molecule has 76 valence electrons. The zero-order valence-corrected chi connectivity index (χ0v) is 8.96. The third-order valence-electron chi connectivity index (χ3n) is 2.08. The number of aromatic nitrogens is 1. The molecule has 0 bridgehead atoms. The van der Waals surface area contributed by atoms with Gasteiger partial charge in [0.05, 0.1) is 11.7 Å².